The van der Waals surface area contributed by atoms with Crippen LogP contribution in [-0.4, -0.2) is 48.6 Å². The molecule has 0 aliphatic carbocycles. The fourth-order valence-corrected chi connectivity index (χ4v) is 4.36. The van der Waals surface area contributed by atoms with Crippen LogP contribution in [0.25, 0.3) is 10.2 Å². The number of quaternary nitrogens is 1. The summed E-state index contributed by atoms with van der Waals surface area (Å²) in [6.07, 6.45) is 1.67. The first-order chi connectivity index (χ1) is 13.0. The lowest BCUT2D eigenvalue weighted by atomic mass is 10.2. The Morgan fingerprint density at radius 2 is 1.81 bits per heavy atom. The minimum Gasteiger partial charge on any atom is -0.364 e. The lowest BCUT2D eigenvalue weighted by Crippen LogP contribution is -3.15. The summed E-state index contributed by atoms with van der Waals surface area (Å²) in [5.74, 6) is -0.369. The SMILES string of the molecule is C[C@@H]1C[NH+](CCC(=O)NNC(=O)CCc2nc3ccccc3s2)C[C@H](C)O1. The Morgan fingerprint density at radius 3 is 2.52 bits per heavy atom. The number of amides is 2. The van der Waals surface area contributed by atoms with E-state index in [4.69, 9.17) is 4.74 Å². The Labute approximate surface area is 163 Å². The molecule has 1 fully saturated rings. The summed E-state index contributed by atoms with van der Waals surface area (Å²) in [4.78, 5) is 29.8. The van der Waals surface area contributed by atoms with E-state index < -0.39 is 0 Å². The van der Waals surface area contributed by atoms with Gasteiger partial charge in [0.1, 0.15) is 25.3 Å². The van der Waals surface area contributed by atoms with Crippen molar-refractivity contribution in [3.05, 3.63) is 29.3 Å². The maximum Gasteiger partial charge on any atom is 0.244 e. The first kappa shape index (κ1) is 19.7. The van der Waals surface area contributed by atoms with Crippen molar-refractivity contribution < 1.29 is 19.2 Å². The second-order valence-electron chi connectivity index (χ2n) is 7.09. The van der Waals surface area contributed by atoms with Gasteiger partial charge in [-0.3, -0.25) is 20.4 Å². The number of hydrogen-bond acceptors (Lipinski definition) is 5. The highest BCUT2D eigenvalue weighted by atomic mass is 32.1. The maximum absolute atomic E-state index is 12.0. The number of benzene rings is 1. The summed E-state index contributed by atoms with van der Waals surface area (Å²) >= 11 is 1.60. The van der Waals surface area contributed by atoms with Gasteiger partial charge in [0, 0.05) is 12.8 Å². The monoisotopic (exact) mass is 391 g/mol. The normalized spacial score (nSPS) is 22.5. The van der Waals surface area contributed by atoms with E-state index in [9.17, 15) is 9.59 Å². The molecule has 1 saturated heterocycles. The number of rotatable bonds is 6. The topological polar surface area (TPSA) is 84.8 Å². The molecule has 0 saturated carbocycles. The first-order valence-electron chi connectivity index (χ1n) is 9.40. The number of fused-ring (bicyclic) bond motifs is 1. The van der Waals surface area contributed by atoms with Gasteiger partial charge in [0.15, 0.2) is 0 Å². The number of nitrogens with one attached hydrogen (secondary N) is 3. The van der Waals surface area contributed by atoms with Gasteiger partial charge in [0.05, 0.1) is 28.2 Å². The molecule has 1 aromatic heterocycles. The zero-order valence-corrected chi connectivity index (χ0v) is 16.6. The van der Waals surface area contributed by atoms with Crippen LogP contribution in [0.4, 0.5) is 0 Å². The first-order valence-corrected chi connectivity index (χ1v) is 10.2. The van der Waals surface area contributed by atoms with Gasteiger partial charge in [-0.15, -0.1) is 11.3 Å². The standard InChI is InChI=1S/C19H26N4O3S/c1-13-11-23(12-14(2)26-13)10-9-18(25)22-21-17(24)7-8-19-20-15-5-3-4-6-16(15)27-19/h3-6,13-14H,7-12H2,1-2H3,(H,21,24)(H,22,25)/p+1/t13-,14+. The molecule has 27 heavy (non-hydrogen) atoms. The smallest absolute Gasteiger partial charge is 0.244 e. The zero-order valence-electron chi connectivity index (χ0n) is 15.8. The van der Waals surface area contributed by atoms with Crippen LogP contribution >= 0.6 is 11.3 Å². The highest BCUT2D eigenvalue weighted by molar-refractivity contribution is 7.18. The Morgan fingerprint density at radius 1 is 1.15 bits per heavy atom. The van der Waals surface area contributed by atoms with Crippen molar-refractivity contribution in [1.82, 2.24) is 15.8 Å². The number of ether oxygens (including phenoxy) is 1. The Bertz CT molecular complexity index is 751. The molecule has 1 aromatic carbocycles. The third-order valence-electron chi connectivity index (χ3n) is 4.57. The van der Waals surface area contributed by atoms with Crippen LogP contribution in [0.2, 0.25) is 0 Å². The Kier molecular flexibility index (Phi) is 6.76. The molecule has 0 bridgehead atoms. The predicted octanol–water partition coefficient (Wildman–Crippen LogP) is 0.459. The highest BCUT2D eigenvalue weighted by Gasteiger charge is 2.25. The maximum atomic E-state index is 12.0. The molecule has 3 N–H and O–H groups in total. The third kappa shape index (κ3) is 5.98. The quantitative estimate of drug-likeness (QED) is 0.625. The minimum absolute atomic E-state index is 0.164. The molecule has 3 rings (SSSR count). The number of carbonyl (C=O) groups excluding carboxylic acids is 2. The Balaban J connectivity index is 1.34. The molecule has 1 aliphatic rings. The van der Waals surface area contributed by atoms with Crippen molar-refractivity contribution in [1.29, 1.82) is 0 Å². The number of hydrogen-bond donors (Lipinski definition) is 3. The van der Waals surface area contributed by atoms with Crippen molar-refractivity contribution in [2.24, 2.45) is 0 Å². The number of para-hydroxylation sites is 1. The zero-order chi connectivity index (χ0) is 19.2. The van der Waals surface area contributed by atoms with E-state index in [0.29, 0.717) is 19.3 Å². The molecule has 0 radical (unpaired) electrons. The summed E-state index contributed by atoms with van der Waals surface area (Å²) < 4.78 is 6.82. The number of thiazole rings is 1. The van der Waals surface area contributed by atoms with E-state index in [-0.39, 0.29) is 24.0 Å². The molecule has 1 aliphatic heterocycles. The van der Waals surface area contributed by atoms with Gasteiger partial charge in [0.25, 0.3) is 0 Å². The molecular weight excluding hydrogens is 364 g/mol. The van der Waals surface area contributed by atoms with Gasteiger partial charge in [0.2, 0.25) is 11.8 Å². The molecule has 2 amide bonds. The number of aryl methyl sites for hydroxylation is 1. The van der Waals surface area contributed by atoms with Gasteiger partial charge >= 0.3 is 0 Å². The Hall–Kier alpha value is -2.03. The third-order valence-corrected chi connectivity index (χ3v) is 5.66. The molecule has 8 heteroatoms. The van der Waals surface area contributed by atoms with Gasteiger partial charge in [-0.1, -0.05) is 12.1 Å². The fourth-order valence-electron chi connectivity index (χ4n) is 3.40. The largest absolute Gasteiger partial charge is 0.364 e. The van der Waals surface area contributed by atoms with Crippen molar-refractivity contribution in [3.8, 4) is 0 Å². The molecule has 3 atom stereocenters. The van der Waals surface area contributed by atoms with Crippen LogP contribution in [-0.2, 0) is 20.7 Å². The number of aromatic nitrogens is 1. The predicted molar refractivity (Wildman–Crippen MR) is 104 cm³/mol. The van der Waals surface area contributed by atoms with Crippen molar-refractivity contribution in [2.75, 3.05) is 19.6 Å². The van der Waals surface area contributed by atoms with Gasteiger partial charge < -0.3 is 9.64 Å². The van der Waals surface area contributed by atoms with E-state index in [1.165, 1.54) is 4.90 Å². The van der Waals surface area contributed by atoms with E-state index in [1.54, 1.807) is 11.3 Å². The highest BCUT2D eigenvalue weighted by Crippen LogP contribution is 2.22. The molecular formula is C19H27N4O3S+. The molecule has 2 heterocycles. The summed E-state index contributed by atoms with van der Waals surface area (Å²) in [7, 11) is 0. The fraction of sp³-hybridized carbons (Fsp3) is 0.526. The lowest BCUT2D eigenvalue weighted by Gasteiger charge is -2.32. The molecule has 7 nitrogen and oxygen atoms in total. The van der Waals surface area contributed by atoms with Crippen molar-refractivity contribution >= 4 is 33.4 Å². The molecule has 2 aromatic rings. The average molecular weight is 392 g/mol. The number of morpholine rings is 1. The van der Waals surface area contributed by atoms with Crippen LogP contribution in [0.15, 0.2) is 24.3 Å². The number of nitrogens with zero attached hydrogens (tertiary/aromatic N) is 1. The van der Waals surface area contributed by atoms with Crippen LogP contribution in [0.3, 0.4) is 0 Å². The molecule has 146 valence electrons. The summed E-state index contributed by atoms with van der Waals surface area (Å²) in [5, 5.41) is 0.928. The summed E-state index contributed by atoms with van der Waals surface area (Å²) in [5.41, 5.74) is 5.96. The van der Waals surface area contributed by atoms with Gasteiger partial charge in [-0.05, 0) is 26.0 Å². The van der Waals surface area contributed by atoms with Crippen LogP contribution < -0.4 is 15.8 Å². The summed E-state index contributed by atoms with van der Waals surface area (Å²) in [6.45, 7) is 6.67. The van der Waals surface area contributed by atoms with Crippen LogP contribution in [0.1, 0.15) is 31.7 Å². The second-order valence-corrected chi connectivity index (χ2v) is 8.20. The summed E-state index contributed by atoms with van der Waals surface area (Å²) in [6, 6.07) is 7.92. The van der Waals surface area contributed by atoms with E-state index in [2.05, 4.69) is 29.7 Å². The van der Waals surface area contributed by atoms with Crippen LogP contribution in [0, 0.1) is 0 Å². The number of carbonyl (C=O) groups is 2. The minimum atomic E-state index is -0.205. The van der Waals surface area contributed by atoms with Gasteiger partial charge in [-0.25, -0.2) is 4.98 Å². The van der Waals surface area contributed by atoms with Gasteiger partial charge in [-0.2, -0.15) is 0 Å². The second kappa shape index (κ2) is 9.25. The average Bonchev–Trinajstić information content (AvgIpc) is 3.05. The van der Waals surface area contributed by atoms with Crippen molar-refractivity contribution in [3.63, 3.8) is 0 Å². The van der Waals surface area contributed by atoms with E-state index >= 15 is 0 Å². The molecule has 1 unspecified atom stereocenters. The number of hydrazine groups is 1. The van der Waals surface area contributed by atoms with E-state index in [0.717, 1.165) is 34.9 Å². The van der Waals surface area contributed by atoms with Crippen molar-refractivity contribution in [2.45, 2.75) is 45.3 Å². The molecule has 0 spiro atoms. The van der Waals surface area contributed by atoms with Crippen LogP contribution in [0.5, 0.6) is 0 Å². The lowest BCUT2D eigenvalue weighted by molar-refractivity contribution is -0.914. The van der Waals surface area contributed by atoms with E-state index in [1.807, 2.05) is 24.3 Å².